The smallest absolute Gasteiger partial charge is 0.451 e. The number of carbonyl (C=O) groups is 1. The Hall–Kier alpha value is -1.45. The third-order valence-electron chi connectivity index (χ3n) is 5.75. The Kier molecular flexibility index (Phi) is 5.99. The van der Waals surface area contributed by atoms with Crippen LogP contribution in [-0.2, 0) is 17.8 Å². The number of fused-ring (bicyclic) bond motifs is 1. The van der Waals surface area contributed by atoms with Gasteiger partial charge in [0.05, 0.1) is 0 Å². The molecule has 0 aromatic heterocycles. The van der Waals surface area contributed by atoms with E-state index in [9.17, 15) is 9.90 Å². The van der Waals surface area contributed by atoms with Gasteiger partial charge in [-0.05, 0) is 30.3 Å². The molecule has 3 atom stereocenters. The van der Waals surface area contributed by atoms with Crippen molar-refractivity contribution in [2.75, 3.05) is 19.6 Å². The molecule has 1 aromatic rings. The zero-order valence-corrected chi connectivity index (χ0v) is 15.0. The molecule has 26 heavy (non-hydrogen) atoms. The lowest BCUT2D eigenvalue weighted by Crippen LogP contribution is -2.55. The predicted molar refractivity (Wildman–Crippen MR) is 99.5 cm³/mol. The molecular formula is C18H28BN3O4. The normalized spacial score (nSPS) is 28.7. The van der Waals surface area contributed by atoms with E-state index in [1.165, 1.54) is 11.1 Å². The highest BCUT2D eigenvalue weighted by molar-refractivity contribution is 6.40. The largest absolute Gasteiger partial charge is 0.480 e. The summed E-state index contributed by atoms with van der Waals surface area (Å²) in [5.41, 5.74) is 7.65. The molecule has 0 amide bonds. The van der Waals surface area contributed by atoms with E-state index >= 15 is 0 Å². The van der Waals surface area contributed by atoms with Gasteiger partial charge in [0.2, 0.25) is 0 Å². The molecule has 142 valence electrons. The van der Waals surface area contributed by atoms with Gasteiger partial charge in [0, 0.05) is 38.1 Å². The van der Waals surface area contributed by atoms with Gasteiger partial charge in [-0.3, -0.25) is 9.69 Å². The molecule has 0 unspecified atom stereocenters. The molecule has 0 bridgehead atoms. The van der Waals surface area contributed by atoms with Crippen LogP contribution in [0.2, 0.25) is 6.32 Å². The van der Waals surface area contributed by atoms with E-state index in [4.69, 9.17) is 15.8 Å². The lowest BCUT2D eigenvalue weighted by atomic mass is 9.78. The minimum absolute atomic E-state index is 0.186. The minimum atomic E-state index is -1.35. The Morgan fingerprint density at radius 2 is 2.08 bits per heavy atom. The van der Waals surface area contributed by atoms with Crippen molar-refractivity contribution in [3.63, 3.8) is 0 Å². The molecule has 0 spiro atoms. The Balaban J connectivity index is 1.60. The Labute approximate surface area is 154 Å². The first-order valence-electron chi connectivity index (χ1n) is 9.29. The molecule has 2 aliphatic rings. The first-order valence-corrected chi connectivity index (χ1v) is 9.29. The maximum Gasteiger partial charge on any atom is 0.451 e. The van der Waals surface area contributed by atoms with Crippen molar-refractivity contribution in [2.45, 2.75) is 43.7 Å². The van der Waals surface area contributed by atoms with Crippen molar-refractivity contribution < 1.29 is 19.9 Å². The summed E-state index contributed by atoms with van der Waals surface area (Å²) in [4.78, 5) is 13.9. The number of benzene rings is 1. The van der Waals surface area contributed by atoms with Gasteiger partial charge in [-0.25, -0.2) is 0 Å². The van der Waals surface area contributed by atoms with E-state index in [2.05, 4.69) is 28.4 Å². The first kappa shape index (κ1) is 19.3. The lowest BCUT2D eigenvalue weighted by Gasteiger charge is -2.30. The Morgan fingerprint density at radius 3 is 2.77 bits per heavy atom. The second-order valence-corrected chi connectivity index (χ2v) is 7.70. The summed E-state index contributed by atoms with van der Waals surface area (Å²) in [5.74, 6) is -1.16. The number of carboxylic acids is 1. The zero-order valence-electron chi connectivity index (χ0n) is 15.0. The number of nitrogens with one attached hydrogen (secondary N) is 1. The topological polar surface area (TPSA) is 119 Å². The van der Waals surface area contributed by atoms with Gasteiger partial charge < -0.3 is 26.2 Å². The summed E-state index contributed by atoms with van der Waals surface area (Å²) < 4.78 is 0. The van der Waals surface area contributed by atoms with Crippen molar-refractivity contribution >= 4 is 13.1 Å². The first-order chi connectivity index (χ1) is 12.4. The Bertz CT molecular complexity index is 645. The van der Waals surface area contributed by atoms with E-state index in [0.29, 0.717) is 25.9 Å². The number of nitrogens with zero attached hydrogens (tertiary/aromatic N) is 1. The standard InChI is InChI=1S/C18H28BN3O4/c20-18(17(23)24)12-22(10-15(18)6-3-7-19(25)26)11-16-8-13-4-1-2-5-14(13)9-21-16/h1-2,4-5,15-16,21,25-26H,3,6-12,20H2,(H,23,24)/t15-,16-,18-/m0/s1. The van der Waals surface area contributed by atoms with E-state index in [-0.39, 0.29) is 18.3 Å². The SMILES string of the molecule is N[C@@]1(C(=O)O)CN(C[C@@H]2Cc3ccccc3CN2)C[C@@H]1CCCB(O)O. The van der Waals surface area contributed by atoms with Crippen molar-refractivity contribution in [3.05, 3.63) is 35.4 Å². The van der Waals surface area contributed by atoms with Crippen LogP contribution in [0.5, 0.6) is 0 Å². The monoisotopic (exact) mass is 361 g/mol. The van der Waals surface area contributed by atoms with Crippen molar-refractivity contribution in [1.29, 1.82) is 0 Å². The average Bonchev–Trinajstić information content (AvgIpc) is 2.91. The second-order valence-electron chi connectivity index (χ2n) is 7.70. The molecule has 0 radical (unpaired) electrons. The quantitative estimate of drug-likeness (QED) is 0.422. The summed E-state index contributed by atoms with van der Waals surface area (Å²) >= 11 is 0. The van der Waals surface area contributed by atoms with Gasteiger partial charge >= 0.3 is 13.1 Å². The lowest BCUT2D eigenvalue weighted by molar-refractivity contribution is -0.144. The van der Waals surface area contributed by atoms with Gasteiger partial charge in [-0.2, -0.15) is 0 Å². The predicted octanol–water partition coefficient (Wildman–Crippen LogP) is -0.332. The molecular weight excluding hydrogens is 333 g/mol. The number of nitrogens with two attached hydrogens (primary N) is 1. The van der Waals surface area contributed by atoms with Crippen LogP contribution in [0.15, 0.2) is 24.3 Å². The fraction of sp³-hybridized carbons (Fsp3) is 0.611. The highest BCUT2D eigenvalue weighted by atomic mass is 16.4. The van der Waals surface area contributed by atoms with Crippen molar-refractivity contribution in [2.24, 2.45) is 11.7 Å². The molecule has 6 N–H and O–H groups in total. The van der Waals surface area contributed by atoms with Gasteiger partial charge in [0.15, 0.2) is 0 Å². The van der Waals surface area contributed by atoms with Crippen LogP contribution in [0.3, 0.4) is 0 Å². The minimum Gasteiger partial charge on any atom is -0.480 e. The number of likely N-dealkylation sites (tertiary alicyclic amines) is 1. The van der Waals surface area contributed by atoms with Crippen LogP contribution in [-0.4, -0.2) is 64.4 Å². The number of hydrogen-bond donors (Lipinski definition) is 5. The molecule has 2 heterocycles. The number of rotatable bonds is 7. The highest BCUT2D eigenvalue weighted by Crippen LogP contribution is 2.31. The van der Waals surface area contributed by atoms with Gasteiger partial charge in [0.1, 0.15) is 5.54 Å². The zero-order chi connectivity index (χ0) is 18.7. The number of carboxylic acid groups (broad SMARTS) is 1. The van der Waals surface area contributed by atoms with Crippen LogP contribution >= 0.6 is 0 Å². The van der Waals surface area contributed by atoms with Gasteiger partial charge in [-0.15, -0.1) is 0 Å². The van der Waals surface area contributed by atoms with Crippen molar-refractivity contribution in [3.8, 4) is 0 Å². The van der Waals surface area contributed by atoms with E-state index in [1.807, 2.05) is 6.07 Å². The summed E-state index contributed by atoms with van der Waals surface area (Å²) in [6.45, 7) is 2.55. The third kappa shape index (κ3) is 4.27. The van der Waals surface area contributed by atoms with Crippen LogP contribution in [0, 0.1) is 5.92 Å². The number of aliphatic carboxylic acids is 1. The van der Waals surface area contributed by atoms with Crippen molar-refractivity contribution in [1.82, 2.24) is 10.2 Å². The molecule has 1 aromatic carbocycles. The summed E-state index contributed by atoms with van der Waals surface area (Å²) in [6.07, 6.45) is 2.31. The molecule has 7 nitrogen and oxygen atoms in total. The molecule has 0 aliphatic carbocycles. The number of hydrogen-bond acceptors (Lipinski definition) is 6. The second kappa shape index (κ2) is 8.06. The van der Waals surface area contributed by atoms with Gasteiger partial charge in [-0.1, -0.05) is 30.7 Å². The van der Waals surface area contributed by atoms with Crippen LogP contribution in [0.1, 0.15) is 24.0 Å². The van der Waals surface area contributed by atoms with Crippen LogP contribution < -0.4 is 11.1 Å². The molecule has 8 heteroatoms. The molecule has 2 aliphatic heterocycles. The fourth-order valence-corrected chi connectivity index (χ4v) is 4.28. The van der Waals surface area contributed by atoms with E-state index in [1.54, 1.807) is 0 Å². The Morgan fingerprint density at radius 1 is 1.35 bits per heavy atom. The summed E-state index contributed by atoms with van der Waals surface area (Å²) in [5, 5.41) is 31.2. The summed E-state index contributed by atoms with van der Waals surface area (Å²) in [7, 11) is -1.35. The molecule has 1 fully saturated rings. The fourth-order valence-electron chi connectivity index (χ4n) is 4.28. The van der Waals surface area contributed by atoms with Gasteiger partial charge in [0.25, 0.3) is 0 Å². The molecule has 3 rings (SSSR count). The molecule has 0 saturated carbocycles. The molecule has 1 saturated heterocycles. The van der Waals surface area contributed by atoms with E-state index in [0.717, 1.165) is 19.5 Å². The average molecular weight is 361 g/mol. The van der Waals surface area contributed by atoms with Crippen LogP contribution in [0.4, 0.5) is 0 Å². The maximum absolute atomic E-state index is 11.8. The summed E-state index contributed by atoms with van der Waals surface area (Å²) in [6, 6.07) is 8.67. The third-order valence-corrected chi connectivity index (χ3v) is 5.75. The van der Waals surface area contributed by atoms with Crippen LogP contribution in [0.25, 0.3) is 0 Å². The van der Waals surface area contributed by atoms with E-state index < -0.39 is 18.6 Å². The highest BCUT2D eigenvalue weighted by Gasteiger charge is 2.49. The maximum atomic E-state index is 11.8.